The molecule has 0 aromatic heterocycles. The van der Waals surface area contributed by atoms with Crippen LogP contribution in [0.3, 0.4) is 0 Å². The summed E-state index contributed by atoms with van der Waals surface area (Å²) in [6.07, 6.45) is 0. The summed E-state index contributed by atoms with van der Waals surface area (Å²) in [5.74, 6) is -0.327. The molecule has 0 N–H and O–H groups in total. The maximum absolute atomic E-state index is 12.0. The van der Waals surface area contributed by atoms with Crippen LogP contribution in [0, 0.1) is 25.2 Å². The van der Waals surface area contributed by atoms with Gasteiger partial charge in [0.15, 0.2) is 0 Å². The summed E-state index contributed by atoms with van der Waals surface area (Å²) in [5.41, 5.74) is 4.07. The van der Waals surface area contributed by atoms with Crippen LogP contribution in [0.15, 0.2) is 42.5 Å². The van der Waals surface area contributed by atoms with E-state index in [-0.39, 0.29) is 12.6 Å². The van der Waals surface area contributed by atoms with Gasteiger partial charge in [-0.15, -0.1) is 0 Å². The highest BCUT2D eigenvalue weighted by Gasteiger charge is 2.10. The molecule has 0 fully saturated rings. The first-order valence-electron chi connectivity index (χ1n) is 6.33. The van der Waals surface area contributed by atoms with E-state index in [0.717, 1.165) is 16.7 Å². The van der Waals surface area contributed by atoms with E-state index in [9.17, 15) is 4.79 Å². The Bertz CT molecular complexity index is 666. The molecule has 0 saturated heterocycles. The van der Waals surface area contributed by atoms with Crippen molar-refractivity contribution in [2.45, 2.75) is 20.5 Å². The highest BCUT2D eigenvalue weighted by atomic mass is 16.5. The number of esters is 1. The van der Waals surface area contributed by atoms with Crippen molar-refractivity contribution in [3.63, 3.8) is 0 Å². The second kappa shape index (κ2) is 6.03. The van der Waals surface area contributed by atoms with E-state index in [1.54, 1.807) is 30.3 Å². The molecule has 0 radical (unpaired) electrons. The van der Waals surface area contributed by atoms with Crippen LogP contribution >= 0.6 is 0 Å². The Balaban J connectivity index is 2.03. The average molecular weight is 265 g/mol. The fourth-order valence-electron chi connectivity index (χ4n) is 1.94. The smallest absolute Gasteiger partial charge is 0.338 e. The molecule has 0 unspecified atom stereocenters. The van der Waals surface area contributed by atoms with Crippen LogP contribution in [-0.4, -0.2) is 5.97 Å². The first-order chi connectivity index (χ1) is 9.60. The number of nitriles is 1. The van der Waals surface area contributed by atoms with E-state index in [2.05, 4.69) is 0 Å². The predicted octanol–water partition coefficient (Wildman–Crippen LogP) is 3.53. The zero-order valence-electron chi connectivity index (χ0n) is 11.5. The number of benzene rings is 2. The highest BCUT2D eigenvalue weighted by molar-refractivity contribution is 5.91. The number of nitrogens with zero attached hydrogens (tertiary/aromatic N) is 1. The van der Waals surface area contributed by atoms with Gasteiger partial charge in [0, 0.05) is 0 Å². The molecule has 0 atom stereocenters. The van der Waals surface area contributed by atoms with Crippen molar-refractivity contribution in [3.8, 4) is 6.07 Å². The topological polar surface area (TPSA) is 50.1 Å². The molecule has 0 spiro atoms. The third-order valence-corrected chi connectivity index (χ3v) is 3.05. The number of carbonyl (C=O) groups excluding carboxylic acids is 1. The first-order valence-corrected chi connectivity index (χ1v) is 6.33. The number of hydrogen-bond acceptors (Lipinski definition) is 3. The summed E-state index contributed by atoms with van der Waals surface area (Å²) >= 11 is 0. The van der Waals surface area contributed by atoms with Crippen LogP contribution in [0.25, 0.3) is 0 Å². The van der Waals surface area contributed by atoms with E-state index in [0.29, 0.717) is 11.1 Å². The van der Waals surface area contributed by atoms with Gasteiger partial charge in [-0.2, -0.15) is 5.26 Å². The lowest BCUT2D eigenvalue weighted by atomic mass is 10.1. The van der Waals surface area contributed by atoms with Gasteiger partial charge in [-0.25, -0.2) is 4.79 Å². The number of hydrogen-bond donors (Lipinski definition) is 0. The van der Waals surface area contributed by atoms with E-state index in [1.165, 1.54) is 0 Å². The zero-order valence-corrected chi connectivity index (χ0v) is 11.5. The minimum Gasteiger partial charge on any atom is -0.457 e. The van der Waals surface area contributed by atoms with Gasteiger partial charge >= 0.3 is 5.97 Å². The van der Waals surface area contributed by atoms with Gasteiger partial charge in [-0.05, 0) is 43.2 Å². The Labute approximate surface area is 118 Å². The Morgan fingerprint density at radius 3 is 2.45 bits per heavy atom. The standard InChI is InChI=1S/C17H15NO2/c1-12-3-8-16(13(2)9-12)17(19)20-11-15-6-4-14(10-18)5-7-15/h3-9H,11H2,1-2H3. The number of rotatable bonds is 3. The second-order valence-corrected chi connectivity index (χ2v) is 4.70. The summed E-state index contributed by atoms with van der Waals surface area (Å²) < 4.78 is 5.29. The van der Waals surface area contributed by atoms with Crippen molar-refractivity contribution in [1.29, 1.82) is 5.26 Å². The average Bonchev–Trinajstić information content (AvgIpc) is 2.45. The van der Waals surface area contributed by atoms with Crippen molar-refractivity contribution in [2.75, 3.05) is 0 Å². The fraction of sp³-hybridized carbons (Fsp3) is 0.176. The molecular formula is C17H15NO2. The van der Waals surface area contributed by atoms with Crippen LogP contribution in [0.5, 0.6) is 0 Å². The van der Waals surface area contributed by atoms with Gasteiger partial charge in [0.05, 0.1) is 17.2 Å². The van der Waals surface area contributed by atoms with Crippen molar-refractivity contribution >= 4 is 5.97 Å². The number of aryl methyl sites for hydroxylation is 2. The Morgan fingerprint density at radius 1 is 1.15 bits per heavy atom. The van der Waals surface area contributed by atoms with Crippen molar-refractivity contribution in [2.24, 2.45) is 0 Å². The molecule has 2 aromatic carbocycles. The van der Waals surface area contributed by atoms with Gasteiger partial charge < -0.3 is 4.74 Å². The monoisotopic (exact) mass is 265 g/mol. The summed E-state index contributed by atoms with van der Waals surface area (Å²) in [6, 6.07) is 14.7. The SMILES string of the molecule is Cc1ccc(C(=O)OCc2ccc(C#N)cc2)c(C)c1. The Hall–Kier alpha value is -2.60. The molecule has 100 valence electrons. The molecule has 0 saturated carbocycles. The molecule has 3 heteroatoms. The van der Waals surface area contributed by atoms with Gasteiger partial charge in [-0.3, -0.25) is 0 Å². The third-order valence-electron chi connectivity index (χ3n) is 3.05. The minimum atomic E-state index is -0.327. The maximum atomic E-state index is 12.0. The number of ether oxygens (including phenoxy) is 1. The summed E-state index contributed by atoms with van der Waals surface area (Å²) in [5, 5.41) is 8.71. The van der Waals surface area contributed by atoms with Crippen molar-refractivity contribution < 1.29 is 9.53 Å². The van der Waals surface area contributed by atoms with E-state index in [1.807, 2.05) is 32.0 Å². The van der Waals surface area contributed by atoms with Crippen LogP contribution in [0.1, 0.15) is 32.6 Å². The fourth-order valence-corrected chi connectivity index (χ4v) is 1.94. The lowest BCUT2D eigenvalue weighted by Gasteiger charge is -2.08. The van der Waals surface area contributed by atoms with Crippen LogP contribution < -0.4 is 0 Å². The summed E-state index contributed by atoms with van der Waals surface area (Å²) in [6.45, 7) is 4.09. The lowest BCUT2D eigenvalue weighted by molar-refractivity contribution is 0.0472. The Morgan fingerprint density at radius 2 is 1.85 bits per heavy atom. The summed E-state index contributed by atoms with van der Waals surface area (Å²) in [4.78, 5) is 12.0. The predicted molar refractivity (Wildman–Crippen MR) is 76.2 cm³/mol. The quantitative estimate of drug-likeness (QED) is 0.798. The van der Waals surface area contributed by atoms with E-state index >= 15 is 0 Å². The van der Waals surface area contributed by atoms with Crippen LogP contribution in [0.4, 0.5) is 0 Å². The molecule has 2 rings (SSSR count). The third kappa shape index (κ3) is 3.24. The van der Waals surface area contributed by atoms with Crippen LogP contribution in [0.2, 0.25) is 0 Å². The number of carbonyl (C=O) groups is 1. The molecule has 0 heterocycles. The molecule has 0 aliphatic heterocycles. The molecule has 20 heavy (non-hydrogen) atoms. The van der Waals surface area contributed by atoms with Gasteiger partial charge in [-0.1, -0.05) is 29.8 Å². The molecule has 2 aromatic rings. The highest BCUT2D eigenvalue weighted by Crippen LogP contribution is 2.13. The van der Waals surface area contributed by atoms with Crippen LogP contribution in [-0.2, 0) is 11.3 Å². The normalized spacial score (nSPS) is 9.85. The van der Waals surface area contributed by atoms with Crippen molar-refractivity contribution in [3.05, 3.63) is 70.3 Å². The second-order valence-electron chi connectivity index (χ2n) is 4.70. The summed E-state index contributed by atoms with van der Waals surface area (Å²) in [7, 11) is 0. The lowest BCUT2D eigenvalue weighted by Crippen LogP contribution is -2.07. The maximum Gasteiger partial charge on any atom is 0.338 e. The zero-order chi connectivity index (χ0) is 14.5. The van der Waals surface area contributed by atoms with Gasteiger partial charge in [0.2, 0.25) is 0 Å². The molecule has 3 nitrogen and oxygen atoms in total. The van der Waals surface area contributed by atoms with Gasteiger partial charge in [0.1, 0.15) is 6.61 Å². The molecular weight excluding hydrogens is 250 g/mol. The molecule has 0 bridgehead atoms. The van der Waals surface area contributed by atoms with E-state index < -0.39 is 0 Å². The van der Waals surface area contributed by atoms with Crippen molar-refractivity contribution in [1.82, 2.24) is 0 Å². The first kappa shape index (κ1) is 13.8. The van der Waals surface area contributed by atoms with E-state index in [4.69, 9.17) is 10.00 Å². The molecule has 0 aliphatic rings. The van der Waals surface area contributed by atoms with Gasteiger partial charge in [0.25, 0.3) is 0 Å². The molecule has 0 amide bonds. The molecule has 0 aliphatic carbocycles. The minimum absolute atomic E-state index is 0.206. The Kier molecular flexibility index (Phi) is 4.17. The largest absolute Gasteiger partial charge is 0.457 e.